The van der Waals surface area contributed by atoms with Crippen LogP contribution in [-0.4, -0.2) is 31.6 Å². The molecule has 0 spiro atoms. The summed E-state index contributed by atoms with van der Waals surface area (Å²) in [4.78, 5) is 25.3. The van der Waals surface area contributed by atoms with Gasteiger partial charge in [-0.05, 0) is 31.5 Å². The van der Waals surface area contributed by atoms with Crippen LogP contribution in [0.3, 0.4) is 0 Å². The predicted octanol–water partition coefficient (Wildman–Crippen LogP) is 2.00. The number of hydrogen-bond acceptors (Lipinski definition) is 4. The summed E-state index contributed by atoms with van der Waals surface area (Å²) in [5.74, 6) is 0.0709. The topological polar surface area (TPSA) is 55.8 Å². The van der Waals surface area contributed by atoms with E-state index >= 15 is 0 Å². The summed E-state index contributed by atoms with van der Waals surface area (Å²) in [6.07, 6.45) is 0.323. The molecule has 0 radical (unpaired) electrons. The van der Waals surface area contributed by atoms with Crippen LogP contribution in [0.5, 0.6) is 5.75 Å². The summed E-state index contributed by atoms with van der Waals surface area (Å²) in [5, 5.41) is 0. The van der Waals surface area contributed by atoms with Crippen molar-refractivity contribution in [3.63, 3.8) is 0 Å². The van der Waals surface area contributed by atoms with Crippen LogP contribution in [-0.2, 0) is 9.53 Å². The van der Waals surface area contributed by atoms with Gasteiger partial charge in [-0.15, -0.1) is 0 Å². The molecule has 1 aliphatic rings. The van der Waals surface area contributed by atoms with Crippen molar-refractivity contribution in [2.45, 2.75) is 26.4 Å². The molecule has 1 atom stereocenters. The fourth-order valence-corrected chi connectivity index (χ4v) is 2.11. The van der Waals surface area contributed by atoms with E-state index in [4.69, 9.17) is 4.74 Å². The Labute approximate surface area is 112 Å². The Kier molecular flexibility index (Phi) is 3.74. The SMILES string of the molecule is CCCN1C(=O)C(C)Oc2cc(C(=O)OC)ccc21. The molecule has 1 aromatic rings. The molecule has 102 valence electrons. The van der Waals surface area contributed by atoms with Crippen molar-refractivity contribution < 1.29 is 19.1 Å². The number of anilines is 1. The van der Waals surface area contributed by atoms with Crippen LogP contribution in [0.25, 0.3) is 0 Å². The molecule has 5 heteroatoms. The van der Waals surface area contributed by atoms with E-state index in [2.05, 4.69) is 4.74 Å². The average Bonchev–Trinajstić information content (AvgIpc) is 2.42. The Morgan fingerprint density at radius 1 is 1.47 bits per heavy atom. The first-order valence-corrected chi connectivity index (χ1v) is 6.29. The highest BCUT2D eigenvalue weighted by Gasteiger charge is 2.31. The third kappa shape index (κ3) is 2.41. The maximum Gasteiger partial charge on any atom is 0.337 e. The van der Waals surface area contributed by atoms with Gasteiger partial charge in [-0.1, -0.05) is 6.92 Å². The first-order chi connectivity index (χ1) is 9.08. The normalized spacial score (nSPS) is 17.7. The second-order valence-electron chi connectivity index (χ2n) is 4.42. The molecule has 0 saturated carbocycles. The minimum Gasteiger partial charge on any atom is -0.479 e. The minimum absolute atomic E-state index is 0.0554. The van der Waals surface area contributed by atoms with E-state index in [1.165, 1.54) is 7.11 Å². The molecule has 1 heterocycles. The Bertz CT molecular complexity index is 512. The number of hydrogen-bond donors (Lipinski definition) is 0. The zero-order valence-corrected chi connectivity index (χ0v) is 11.3. The first-order valence-electron chi connectivity index (χ1n) is 6.29. The maximum absolute atomic E-state index is 12.1. The third-order valence-corrected chi connectivity index (χ3v) is 3.04. The van der Waals surface area contributed by atoms with Crippen molar-refractivity contribution in [3.05, 3.63) is 23.8 Å². The number of rotatable bonds is 3. The van der Waals surface area contributed by atoms with Gasteiger partial charge in [-0.25, -0.2) is 4.79 Å². The molecule has 1 aromatic carbocycles. The number of amides is 1. The lowest BCUT2D eigenvalue weighted by molar-refractivity contribution is -0.125. The van der Waals surface area contributed by atoms with Crippen molar-refractivity contribution >= 4 is 17.6 Å². The summed E-state index contributed by atoms with van der Waals surface area (Å²) in [7, 11) is 1.33. The molecule has 0 N–H and O–H groups in total. The van der Waals surface area contributed by atoms with Gasteiger partial charge in [0, 0.05) is 6.54 Å². The quantitative estimate of drug-likeness (QED) is 0.783. The molecule has 0 saturated heterocycles. The van der Waals surface area contributed by atoms with E-state index in [0.29, 0.717) is 23.5 Å². The van der Waals surface area contributed by atoms with E-state index < -0.39 is 12.1 Å². The summed E-state index contributed by atoms with van der Waals surface area (Å²) < 4.78 is 10.2. The van der Waals surface area contributed by atoms with Crippen molar-refractivity contribution in [1.82, 2.24) is 0 Å². The number of carbonyl (C=O) groups is 2. The molecule has 2 rings (SSSR count). The molecule has 1 aliphatic heterocycles. The smallest absolute Gasteiger partial charge is 0.337 e. The van der Waals surface area contributed by atoms with Crippen LogP contribution in [0.4, 0.5) is 5.69 Å². The molecule has 0 bridgehead atoms. The predicted molar refractivity (Wildman–Crippen MR) is 70.5 cm³/mol. The number of methoxy groups -OCH3 is 1. The van der Waals surface area contributed by atoms with E-state index in [1.807, 2.05) is 6.92 Å². The van der Waals surface area contributed by atoms with Crippen LogP contribution >= 0.6 is 0 Å². The van der Waals surface area contributed by atoms with Crippen LogP contribution in [0.1, 0.15) is 30.6 Å². The summed E-state index contributed by atoms with van der Waals surface area (Å²) >= 11 is 0. The second kappa shape index (κ2) is 5.30. The zero-order valence-electron chi connectivity index (χ0n) is 11.3. The van der Waals surface area contributed by atoms with E-state index in [-0.39, 0.29) is 5.91 Å². The first kappa shape index (κ1) is 13.4. The number of nitrogens with zero attached hydrogens (tertiary/aromatic N) is 1. The fourth-order valence-electron chi connectivity index (χ4n) is 2.11. The highest BCUT2D eigenvalue weighted by molar-refractivity contribution is 6.01. The second-order valence-corrected chi connectivity index (χ2v) is 4.42. The number of carbonyl (C=O) groups excluding carboxylic acids is 2. The largest absolute Gasteiger partial charge is 0.479 e. The van der Waals surface area contributed by atoms with Crippen LogP contribution in [0.2, 0.25) is 0 Å². The van der Waals surface area contributed by atoms with Gasteiger partial charge < -0.3 is 14.4 Å². The summed E-state index contributed by atoms with van der Waals surface area (Å²) in [5.41, 5.74) is 1.12. The molecular weight excluding hydrogens is 246 g/mol. The molecule has 1 unspecified atom stereocenters. The van der Waals surface area contributed by atoms with Crippen molar-refractivity contribution in [3.8, 4) is 5.75 Å². The Balaban J connectivity index is 2.42. The number of fused-ring (bicyclic) bond motifs is 1. The Hall–Kier alpha value is -2.04. The molecule has 0 aromatic heterocycles. The number of benzene rings is 1. The molecule has 19 heavy (non-hydrogen) atoms. The van der Waals surface area contributed by atoms with Gasteiger partial charge in [0.2, 0.25) is 0 Å². The van der Waals surface area contributed by atoms with Crippen molar-refractivity contribution in [2.75, 3.05) is 18.6 Å². The van der Waals surface area contributed by atoms with Gasteiger partial charge in [0.15, 0.2) is 6.10 Å². The zero-order chi connectivity index (χ0) is 14.0. The Morgan fingerprint density at radius 3 is 2.84 bits per heavy atom. The molecule has 5 nitrogen and oxygen atoms in total. The highest BCUT2D eigenvalue weighted by Crippen LogP contribution is 2.35. The lowest BCUT2D eigenvalue weighted by atomic mass is 10.1. The van der Waals surface area contributed by atoms with Gasteiger partial charge in [-0.3, -0.25) is 4.79 Å². The van der Waals surface area contributed by atoms with Gasteiger partial charge in [0.05, 0.1) is 18.4 Å². The third-order valence-electron chi connectivity index (χ3n) is 3.04. The maximum atomic E-state index is 12.1. The lowest BCUT2D eigenvalue weighted by Crippen LogP contribution is -2.44. The number of esters is 1. The molecular formula is C14H17NO4. The van der Waals surface area contributed by atoms with Crippen LogP contribution in [0, 0.1) is 0 Å². The van der Waals surface area contributed by atoms with Crippen molar-refractivity contribution in [1.29, 1.82) is 0 Å². The van der Waals surface area contributed by atoms with Gasteiger partial charge in [0.25, 0.3) is 5.91 Å². The van der Waals surface area contributed by atoms with Gasteiger partial charge in [-0.2, -0.15) is 0 Å². The standard InChI is InChI=1S/C14H17NO4/c1-4-7-15-11-6-5-10(14(17)18-3)8-12(11)19-9(2)13(15)16/h5-6,8-9H,4,7H2,1-3H3. The van der Waals surface area contributed by atoms with E-state index in [1.54, 1.807) is 30.0 Å². The molecule has 0 aliphatic carbocycles. The fraction of sp³-hybridized carbons (Fsp3) is 0.429. The average molecular weight is 263 g/mol. The van der Waals surface area contributed by atoms with Gasteiger partial charge in [0.1, 0.15) is 5.75 Å². The molecule has 0 fully saturated rings. The monoisotopic (exact) mass is 263 g/mol. The lowest BCUT2D eigenvalue weighted by Gasteiger charge is -2.33. The van der Waals surface area contributed by atoms with Gasteiger partial charge >= 0.3 is 5.97 Å². The van der Waals surface area contributed by atoms with Crippen molar-refractivity contribution in [2.24, 2.45) is 0 Å². The summed E-state index contributed by atoms with van der Waals surface area (Å²) in [6.45, 7) is 4.35. The Morgan fingerprint density at radius 2 is 2.21 bits per heavy atom. The minimum atomic E-state index is -0.535. The van der Waals surface area contributed by atoms with Crippen LogP contribution in [0.15, 0.2) is 18.2 Å². The highest BCUT2D eigenvalue weighted by atomic mass is 16.5. The van der Waals surface area contributed by atoms with E-state index in [9.17, 15) is 9.59 Å². The van der Waals surface area contributed by atoms with Crippen LogP contribution < -0.4 is 9.64 Å². The molecule has 1 amide bonds. The summed E-state index contributed by atoms with van der Waals surface area (Å²) in [6, 6.07) is 4.98. The number of ether oxygens (including phenoxy) is 2. The van der Waals surface area contributed by atoms with E-state index in [0.717, 1.165) is 6.42 Å².